The van der Waals surface area contributed by atoms with Crippen molar-refractivity contribution in [3.8, 4) is 5.75 Å². The number of nitrogens with zero attached hydrogens (tertiary/aromatic N) is 1. The number of nitrogens with one attached hydrogen (secondary N) is 1. The number of carbonyl (C=O) groups excluding carboxylic acids is 1. The van der Waals surface area contributed by atoms with Gasteiger partial charge in [0.15, 0.2) is 6.61 Å². The topological polar surface area (TPSA) is 41.6 Å². The molecule has 3 rings (SSSR count). The van der Waals surface area contributed by atoms with Crippen molar-refractivity contribution < 1.29 is 9.53 Å². The molecule has 2 saturated heterocycles. The second-order valence-electron chi connectivity index (χ2n) is 5.93. The van der Waals surface area contributed by atoms with Crippen LogP contribution < -0.4 is 10.1 Å². The lowest BCUT2D eigenvalue weighted by Gasteiger charge is -2.33. The minimum atomic E-state index is 0.0708. The minimum Gasteiger partial charge on any atom is -0.484 e. The summed E-state index contributed by atoms with van der Waals surface area (Å²) < 4.78 is 6.23. The monoisotopic (exact) mass is 352 g/mol. The Balaban J connectivity index is 1.51. The van der Waals surface area contributed by atoms with Crippen molar-refractivity contribution in [3.05, 3.63) is 29.8 Å². The van der Waals surface area contributed by atoms with E-state index < -0.39 is 0 Å². The molecule has 1 aromatic rings. The maximum absolute atomic E-state index is 12.3. The number of hydrogen-bond donors (Lipinski definition) is 1. The fraction of sp³-hybridized carbons (Fsp3) is 0.588. The van der Waals surface area contributed by atoms with Gasteiger partial charge in [-0.2, -0.15) is 0 Å². The number of amides is 1. The summed E-state index contributed by atoms with van der Waals surface area (Å²) in [5.74, 6) is 3.33. The molecule has 0 spiro atoms. The van der Waals surface area contributed by atoms with Gasteiger partial charge in [0.25, 0.3) is 5.91 Å². The van der Waals surface area contributed by atoms with E-state index in [4.69, 9.17) is 4.74 Å². The van der Waals surface area contributed by atoms with E-state index in [1.54, 1.807) is 0 Å². The third kappa shape index (κ3) is 4.58. The second kappa shape index (κ2) is 8.31. The predicted molar refractivity (Wildman–Crippen MR) is 98.3 cm³/mol. The van der Waals surface area contributed by atoms with Gasteiger partial charge in [0.2, 0.25) is 0 Å². The van der Waals surface area contributed by atoms with E-state index in [-0.39, 0.29) is 18.6 Å². The zero-order valence-electron chi connectivity index (χ0n) is 13.5. The Morgan fingerprint density at radius 3 is 2.74 bits per heavy atom. The normalized spacial score (nSPS) is 22.8. The maximum Gasteiger partial charge on any atom is 0.260 e. The Kier molecular flexibility index (Phi) is 6.14. The van der Waals surface area contributed by atoms with Crippen LogP contribution in [0.2, 0.25) is 0 Å². The highest BCUT2D eigenvalue weighted by atomic mass is 32.2. The van der Waals surface area contributed by atoms with Gasteiger partial charge in [-0.05, 0) is 42.5 Å². The molecular weight excluding hydrogens is 328 g/mol. The molecule has 0 aromatic heterocycles. The van der Waals surface area contributed by atoms with Crippen LogP contribution >= 0.6 is 23.5 Å². The third-order valence-electron chi connectivity index (χ3n) is 4.16. The highest BCUT2D eigenvalue weighted by molar-refractivity contribution is 8.16. The fourth-order valence-electron chi connectivity index (χ4n) is 2.84. The Morgan fingerprint density at radius 2 is 2.04 bits per heavy atom. The van der Waals surface area contributed by atoms with Gasteiger partial charge in [-0.15, -0.1) is 23.5 Å². The summed E-state index contributed by atoms with van der Waals surface area (Å²) in [4.78, 5) is 14.2. The standard InChI is InChI=1S/C17H24N2O2S2/c1-13-11-18-7-8-19(13)16(20)12-21-15-5-3-14(4-6-15)17-22-9-2-10-23-17/h3-6,13,17-18H,2,7-12H2,1H3/t13-/m1/s1. The number of hydrogen-bond acceptors (Lipinski definition) is 5. The largest absolute Gasteiger partial charge is 0.484 e. The number of carbonyl (C=O) groups is 1. The molecule has 0 unspecified atom stereocenters. The average molecular weight is 353 g/mol. The van der Waals surface area contributed by atoms with Gasteiger partial charge in [0.1, 0.15) is 5.75 Å². The van der Waals surface area contributed by atoms with Crippen molar-refractivity contribution in [2.24, 2.45) is 0 Å². The summed E-state index contributed by atoms with van der Waals surface area (Å²) >= 11 is 4.03. The summed E-state index contributed by atoms with van der Waals surface area (Å²) in [5, 5.41) is 3.29. The van der Waals surface area contributed by atoms with E-state index in [0.29, 0.717) is 4.58 Å². The number of piperazine rings is 1. The molecule has 2 aliphatic rings. The van der Waals surface area contributed by atoms with Crippen molar-refractivity contribution in [1.29, 1.82) is 0 Å². The van der Waals surface area contributed by atoms with Crippen LogP contribution in [0.1, 0.15) is 23.5 Å². The first-order valence-corrected chi connectivity index (χ1v) is 10.3. The molecule has 1 aromatic carbocycles. The molecule has 23 heavy (non-hydrogen) atoms. The van der Waals surface area contributed by atoms with Gasteiger partial charge in [0, 0.05) is 25.7 Å². The van der Waals surface area contributed by atoms with Gasteiger partial charge in [0.05, 0.1) is 4.58 Å². The minimum absolute atomic E-state index is 0.0708. The quantitative estimate of drug-likeness (QED) is 0.902. The van der Waals surface area contributed by atoms with Crippen molar-refractivity contribution in [2.45, 2.75) is 24.0 Å². The van der Waals surface area contributed by atoms with Crippen molar-refractivity contribution >= 4 is 29.4 Å². The lowest BCUT2D eigenvalue weighted by molar-refractivity contribution is -0.136. The number of benzene rings is 1. The number of thioether (sulfide) groups is 2. The molecule has 126 valence electrons. The van der Waals surface area contributed by atoms with Gasteiger partial charge < -0.3 is 15.0 Å². The van der Waals surface area contributed by atoms with Gasteiger partial charge in [-0.3, -0.25) is 4.79 Å². The van der Waals surface area contributed by atoms with Crippen LogP contribution in [0.4, 0.5) is 0 Å². The fourth-order valence-corrected chi connectivity index (χ4v) is 5.74. The van der Waals surface area contributed by atoms with E-state index in [2.05, 4.69) is 24.4 Å². The van der Waals surface area contributed by atoms with Crippen molar-refractivity contribution in [3.63, 3.8) is 0 Å². The number of rotatable bonds is 4. The molecule has 4 nitrogen and oxygen atoms in total. The van der Waals surface area contributed by atoms with Crippen LogP contribution in [0.5, 0.6) is 5.75 Å². The van der Waals surface area contributed by atoms with Gasteiger partial charge >= 0.3 is 0 Å². The molecule has 1 amide bonds. The Hall–Kier alpha value is -0.850. The van der Waals surface area contributed by atoms with E-state index in [1.807, 2.05) is 40.6 Å². The average Bonchev–Trinajstić information content (AvgIpc) is 2.61. The van der Waals surface area contributed by atoms with Crippen LogP contribution in [-0.4, -0.2) is 54.6 Å². The zero-order valence-corrected chi connectivity index (χ0v) is 15.1. The first-order valence-electron chi connectivity index (χ1n) is 8.20. The Labute approximate surface area is 146 Å². The molecule has 2 heterocycles. The molecule has 0 radical (unpaired) electrons. The molecule has 0 bridgehead atoms. The van der Waals surface area contributed by atoms with Gasteiger partial charge in [-0.25, -0.2) is 0 Å². The molecule has 1 atom stereocenters. The molecule has 0 saturated carbocycles. The molecule has 1 N–H and O–H groups in total. The van der Waals surface area contributed by atoms with Crippen molar-refractivity contribution in [1.82, 2.24) is 10.2 Å². The van der Waals surface area contributed by atoms with Crippen molar-refractivity contribution in [2.75, 3.05) is 37.7 Å². The Bertz CT molecular complexity index is 518. The van der Waals surface area contributed by atoms with Gasteiger partial charge in [-0.1, -0.05) is 12.1 Å². The predicted octanol–water partition coefficient (Wildman–Crippen LogP) is 2.75. The summed E-state index contributed by atoms with van der Waals surface area (Å²) in [5.41, 5.74) is 1.34. The highest BCUT2D eigenvalue weighted by Gasteiger charge is 2.23. The summed E-state index contributed by atoms with van der Waals surface area (Å²) in [7, 11) is 0. The van der Waals surface area contributed by atoms with Crippen LogP contribution in [0, 0.1) is 0 Å². The first-order chi connectivity index (χ1) is 11.2. The molecule has 2 aliphatic heterocycles. The van der Waals surface area contributed by atoms with E-state index in [0.717, 1.165) is 25.4 Å². The highest BCUT2D eigenvalue weighted by Crippen LogP contribution is 2.43. The van der Waals surface area contributed by atoms with Crippen LogP contribution in [-0.2, 0) is 4.79 Å². The molecule has 0 aliphatic carbocycles. The summed E-state index contributed by atoms with van der Waals surface area (Å²) in [6.45, 7) is 4.67. The van der Waals surface area contributed by atoms with Crippen LogP contribution in [0.25, 0.3) is 0 Å². The zero-order chi connectivity index (χ0) is 16.1. The Morgan fingerprint density at radius 1 is 1.30 bits per heavy atom. The summed E-state index contributed by atoms with van der Waals surface area (Å²) in [6, 6.07) is 8.47. The first kappa shape index (κ1) is 17.0. The van der Waals surface area contributed by atoms with E-state index in [1.165, 1.54) is 23.5 Å². The van der Waals surface area contributed by atoms with Crippen LogP contribution in [0.3, 0.4) is 0 Å². The number of ether oxygens (including phenoxy) is 1. The lowest BCUT2D eigenvalue weighted by Crippen LogP contribution is -2.53. The SMILES string of the molecule is C[C@@H]1CNCCN1C(=O)COc1ccc(C2SCCCS2)cc1. The smallest absolute Gasteiger partial charge is 0.260 e. The molecule has 2 fully saturated rings. The third-order valence-corrected chi connectivity index (χ3v) is 7.18. The lowest BCUT2D eigenvalue weighted by atomic mass is 10.2. The van der Waals surface area contributed by atoms with E-state index >= 15 is 0 Å². The summed E-state index contributed by atoms with van der Waals surface area (Å²) in [6.07, 6.45) is 1.31. The molecule has 6 heteroatoms. The maximum atomic E-state index is 12.3. The molecular formula is C17H24N2O2S2. The second-order valence-corrected chi connectivity index (χ2v) is 8.65. The van der Waals surface area contributed by atoms with E-state index in [9.17, 15) is 4.79 Å². The van der Waals surface area contributed by atoms with Crippen LogP contribution in [0.15, 0.2) is 24.3 Å².